The zero-order valence-corrected chi connectivity index (χ0v) is 17.7. The number of sulfonamides is 1. The highest BCUT2D eigenvalue weighted by Crippen LogP contribution is 2.21. The second-order valence-corrected chi connectivity index (χ2v) is 9.33. The highest BCUT2D eigenvalue weighted by molar-refractivity contribution is 7.89. The SMILES string of the molecule is O=C(/C=C/c1ccc(S(=O)(=O)N2CCCCCC2)cc1)NCCc1ccc(F)cc1. The maximum atomic E-state index is 12.9. The summed E-state index contributed by atoms with van der Waals surface area (Å²) in [5.41, 5.74) is 1.69. The minimum Gasteiger partial charge on any atom is -0.352 e. The van der Waals surface area contributed by atoms with Crippen LogP contribution in [-0.2, 0) is 21.2 Å². The Hall–Kier alpha value is -2.51. The van der Waals surface area contributed by atoms with Gasteiger partial charge in [0.1, 0.15) is 5.82 Å². The maximum Gasteiger partial charge on any atom is 0.244 e. The molecule has 0 aromatic heterocycles. The molecule has 0 spiro atoms. The smallest absolute Gasteiger partial charge is 0.244 e. The van der Waals surface area contributed by atoms with Gasteiger partial charge in [0, 0.05) is 25.7 Å². The number of carbonyl (C=O) groups is 1. The van der Waals surface area contributed by atoms with Crippen molar-refractivity contribution in [3.63, 3.8) is 0 Å². The first-order valence-electron chi connectivity index (χ1n) is 10.3. The zero-order chi connectivity index (χ0) is 21.4. The van der Waals surface area contributed by atoms with Crippen molar-refractivity contribution in [2.45, 2.75) is 37.0 Å². The average Bonchev–Trinajstić information content (AvgIpc) is 3.04. The Kier molecular flexibility index (Phi) is 7.76. The van der Waals surface area contributed by atoms with Gasteiger partial charge in [0.2, 0.25) is 15.9 Å². The van der Waals surface area contributed by atoms with Gasteiger partial charge in [-0.2, -0.15) is 4.31 Å². The summed E-state index contributed by atoms with van der Waals surface area (Å²) in [6.45, 7) is 1.59. The van der Waals surface area contributed by atoms with Gasteiger partial charge in [-0.05, 0) is 60.7 Å². The fraction of sp³-hybridized carbons (Fsp3) is 0.348. The molecule has 1 saturated heterocycles. The number of benzene rings is 2. The summed E-state index contributed by atoms with van der Waals surface area (Å²) in [5.74, 6) is -0.519. The minimum absolute atomic E-state index is 0.238. The number of hydrogen-bond acceptors (Lipinski definition) is 3. The van der Waals surface area contributed by atoms with Crippen molar-refractivity contribution in [2.24, 2.45) is 0 Å². The molecule has 0 unspecified atom stereocenters. The lowest BCUT2D eigenvalue weighted by Crippen LogP contribution is -2.31. The third-order valence-electron chi connectivity index (χ3n) is 5.14. The highest BCUT2D eigenvalue weighted by atomic mass is 32.2. The van der Waals surface area contributed by atoms with Crippen LogP contribution in [0.4, 0.5) is 4.39 Å². The molecular formula is C23H27FN2O3S. The van der Waals surface area contributed by atoms with E-state index in [1.165, 1.54) is 18.2 Å². The molecule has 3 rings (SSSR count). The van der Waals surface area contributed by atoms with Crippen molar-refractivity contribution in [1.29, 1.82) is 0 Å². The van der Waals surface area contributed by atoms with E-state index in [0.29, 0.717) is 26.1 Å². The van der Waals surface area contributed by atoms with E-state index < -0.39 is 10.0 Å². The van der Waals surface area contributed by atoms with Crippen LogP contribution in [0.2, 0.25) is 0 Å². The molecule has 1 fully saturated rings. The van der Waals surface area contributed by atoms with Gasteiger partial charge in [0.05, 0.1) is 4.90 Å². The second-order valence-electron chi connectivity index (χ2n) is 7.39. The molecular weight excluding hydrogens is 403 g/mol. The van der Waals surface area contributed by atoms with E-state index in [2.05, 4.69) is 5.32 Å². The van der Waals surface area contributed by atoms with Gasteiger partial charge in [-0.1, -0.05) is 37.1 Å². The molecule has 0 bridgehead atoms. The van der Waals surface area contributed by atoms with Gasteiger partial charge < -0.3 is 5.32 Å². The van der Waals surface area contributed by atoms with Crippen molar-refractivity contribution in [2.75, 3.05) is 19.6 Å². The van der Waals surface area contributed by atoms with E-state index in [1.54, 1.807) is 46.8 Å². The second kappa shape index (κ2) is 10.5. The third kappa shape index (κ3) is 6.24. The summed E-state index contributed by atoms with van der Waals surface area (Å²) in [4.78, 5) is 12.2. The molecule has 1 aliphatic heterocycles. The van der Waals surface area contributed by atoms with Gasteiger partial charge in [-0.25, -0.2) is 12.8 Å². The van der Waals surface area contributed by atoms with Crippen LogP contribution >= 0.6 is 0 Å². The Morgan fingerprint density at radius 3 is 2.23 bits per heavy atom. The largest absolute Gasteiger partial charge is 0.352 e. The van der Waals surface area contributed by atoms with Crippen LogP contribution in [0.25, 0.3) is 6.08 Å². The van der Waals surface area contributed by atoms with Crippen LogP contribution in [-0.4, -0.2) is 38.3 Å². The van der Waals surface area contributed by atoms with Crippen LogP contribution in [0, 0.1) is 5.82 Å². The van der Waals surface area contributed by atoms with Gasteiger partial charge in [-0.3, -0.25) is 4.79 Å². The molecule has 0 radical (unpaired) electrons. The molecule has 1 heterocycles. The molecule has 2 aromatic carbocycles. The first-order chi connectivity index (χ1) is 14.4. The van der Waals surface area contributed by atoms with Crippen LogP contribution in [0.5, 0.6) is 0 Å². The summed E-state index contributed by atoms with van der Waals surface area (Å²) in [5, 5.41) is 2.78. The Bertz CT molecular complexity index is 963. The molecule has 2 aromatic rings. The number of nitrogens with one attached hydrogen (secondary N) is 1. The van der Waals surface area contributed by atoms with Gasteiger partial charge in [-0.15, -0.1) is 0 Å². The molecule has 7 heteroatoms. The van der Waals surface area contributed by atoms with Crippen LogP contribution in [0.15, 0.2) is 59.5 Å². The first kappa shape index (κ1) is 22.2. The zero-order valence-electron chi connectivity index (χ0n) is 16.9. The van der Waals surface area contributed by atoms with Crippen LogP contribution in [0.3, 0.4) is 0 Å². The normalized spacial score (nSPS) is 15.8. The summed E-state index contributed by atoms with van der Waals surface area (Å²) < 4.78 is 40.0. The fourth-order valence-electron chi connectivity index (χ4n) is 3.39. The van der Waals surface area contributed by atoms with Crippen LogP contribution in [0.1, 0.15) is 36.8 Å². The fourth-order valence-corrected chi connectivity index (χ4v) is 4.91. The number of nitrogens with zero attached hydrogens (tertiary/aromatic N) is 1. The number of halogens is 1. The quantitative estimate of drug-likeness (QED) is 0.680. The topological polar surface area (TPSA) is 66.5 Å². The molecule has 1 N–H and O–H groups in total. The Labute approximate surface area is 177 Å². The maximum absolute atomic E-state index is 12.9. The highest BCUT2D eigenvalue weighted by Gasteiger charge is 2.24. The summed E-state index contributed by atoms with van der Waals surface area (Å²) >= 11 is 0. The third-order valence-corrected chi connectivity index (χ3v) is 7.05. The molecule has 5 nitrogen and oxygen atoms in total. The summed E-state index contributed by atoms with van der Waals surface area (Å²) in [7, 11) is -3.47. The standard InChI is InChI=1S/C23H27FN2O3S/c24-21-10-5-20(6-11-21)15-16-25-23(27)14-9-19-7-12-22(13-8-19)30(28,29)26-17-3-1-2-4-18-26/h5-14H,1-4,15-18H2,(H,25,27)/b14-9+. The number of carbonyl (C=O) groups excluding carboxylic acids is 1. The molecule has 0 saturated carbocycles. The van der Waals surface area contributed by atoms with E-state index >= 15 is 0 Å². The van der Waals surface area contributed by atoms with Crippen molar-refractivity contribution in [3.05, 3.63) is 71.6 Å². The predicted octanol–water partition coefficient (Wildman–Crippen LogP) is 3.76. The summed E-state index contributed by atoms with van der Waals surface area (Å²) in [6, 6.07) is 12.8. The van der Waals surface area contributed by atoms with E-state index in [0.717, 1.165) is 36.8 Å². The number of hydrogen-bond donors (Lipinski definition) is 1. The van der Waals surface area contributed by atoms with Crippen molar-refractivity contribution in [3.8, 4) is 0 Å². The minimum atomic E-state index is -3.47. The molecule has 0 atom stereocenters. The van der Waals surface area contributed by atoms with Gasteiger partial charge in [0.15, 0.2) is 0 Å². The van der Waals surface area contributed by atoms with Gasteiger partial charge in [0.25, 0.3) is 0 Å². The number of amides is 1. The molecule has 0 aliphatic carbocycles. The molecule has 160 valence electrons. The van der Waals surface area contributed by atoms with Crippen molar-refractivity contribution < 1.29 is 17.6 Å². The van der Waals surface area contributed by atoms with Gasteiger partial charge >= 0.3 is 0 Å². The van der Waals surface area contributed by atoms with E-state index in [4.69, 9.17) is 0 Å². The van der Waals surface area contributed by atoms with Crippen molar-refractivity contribution in [1.82, 2.24) is 9.62 Å². The van der Waals surface area contributed by atoms with E-state index in [9.17, 15) is 17.6 Å². The lowest BCUT2D eigenvalue weighted by molar-refractivity contribution is -0.116. The molecule has 1 amide bonds. The Morgan fingerprint density at radius 1 is 0.967 bits per heavy atom. The monoisotopic (exact) mass is 430 g/mol. The summed E-state index contributed by atoms with van der Waals surface area (Å²) in [6.07, 6.45) is 7.62. The van der Waals surface area contributed by atoms with E-state index in [-0.39, 0.29) is 16.6 Å². The molecule has 30 heavy (non-hydrogen) atoms. The lowest BCUT2D eigenvalue weighted by atomic mass is 10.1. The Morgan fingerprint density at radius 2 is 1.60 bits per heavy atom. The van der Waals surface area contributed by atoms with E-state index in [1.807, 2.05) is 0 Å². The Balaban J connectivity index is 1.52. The molecule has 1 aliphatic rings. The lowest BCUT2D eigenvalue weighted by Gasteiger charge is -2.19. The van der Waals surface area contributed by atoms with Crippen LogP contribution < -0.4 is 5.32 Å². The number of rotatable bonds is 7. The predicted molar refractivity (Wildman–Crippen MR) is 116 cm³/mol. The van der Waals surface area contributed by atoms with Crippen molar-refractivity contribution >= 4 is 22.0 Å². The average molecular weight is 431 g/mol. The first-order valence-corrected chi connectivity index (χ1v) is 11.7.